The second-order valence-corrected chi connectivity index (χ2v) is 7.51. The fraction of sp³-hybridized carbons (Fsp3) is 0.667. The van der Waals surface area contributed by atoms with Gasteiger partial charge in [0.1, 0.15) is 11.6 Å². The predicted octanol–water partition coefficient (Wildman–Crippen LogP) is 3.89. The molecule has 1 N–H and O–H groups in total. The standard InChI is InChI=1S/C18H24FNO/c1-21-16-3-2-15(17(19)7-16)11-20-18-8-12-4-13(9-18)6-14(5-12)10-18/h2-3,7,12-14,20H,4-6,8-11H2,1H3. The van der Waals surface area contributed by atoms with Crippen LogP contribution < -0.4 is 10.1 Å². The first-order valence-electron chi connectivity index (χ1n) is 8.23. The third-order valence-electron chi connectivity index (χ3n) is 5.95. The third kappa shape index (κ3) is 2.46. The molecule has 0 unspecified atom stereocenters. The van der Waals surface area contributed by atoms with Gasteiger partial charge >= 0.3 is 0 Å². The molecule has 4 aliphatic rings. The summed E-state index contributed by atoms with van der Waals surface area (Å²) in [7, 11) is 1.57. The van der Waals surface area contributed by atoms with Crippen LogP contribution in [0.1, 0.15) is 44.1 Å². The summed E-state index contributed by atoms with van der Waals surface area (Å²) < 4.78 is 19.1. The van der Waals surface area contributed by atoms with Gasteiger partial charge in [-0.15, -0.1) is 0 Å². The van der Waals surface area contributed by atoms with Crippen LogP contribution in [0.4, 0.5) is 4.39 Å². The minimum Gasteiger partial charge on any atom is -0.497 e. The Kier molecular flexibility index (Phi) is 3.21. The van der Waals surface area contributed by atoms with Crippen molar-refractivity contribution in [3.8, 4) is 5.75 Å². The van der Waals surface area contributed by atoms with Gasteiger partial charge in [0.15, 0.2) is 0 Å². The molecular formula is C18H24FNO. The van der Waals surface area contributed by atoms with Gasteiger partial charge in [0.2, 0.25) is 0 Å². The summed E-state index contributed by atoms with van der Waals surface area (Å²) in [5.74, 6) is 3.19. The molecule has 4 saturated carbocycles. The zero-order chi connectivity index (χ0) is 14.4. The van der Waals surface area contributed by atoms with E-state index in [4.69, 9.17) is 4.74 Å². The molecule has 3 heteroatoms. The number of halogens is 1. The van der Waals surface area contributed by atoms with E-state index < -0.39 is 0 Å². The summed E-state index contributed by atoms with van der Waals surface area (Å²) in [5.41, 5.74) is 1.05. The minimum atomic E-state index is -0.161. The van der Waals surface area contributed by atoms with Gasteiger partial charge in [0.05, 0.1) is 7.11 Å². The maximum absolute atomic E-state index is 14.1. The van der Waals surface area contributed by atoms with E-state index in [2.05, 4.69) is 5.32 Å². The maximum atomic E-state index is 14.1. The van der Waals surface area contributed by atoms with E-state index in [9.17, 15) is 4.39 Å². The van der Waals surface area contributed by atoms with Crippen LogP contribution in [0.25, 0.3) is 0 Å². The first-order valence-corrected chi connectivity index (χ1v) is 8.23. The van der Waals surface area contributed by atoms with E-state index in [-0.39, 0.29) is 5.82 Å². The molecule has 2 nitrogen and oxygen atoms in total. The molecular weight excluding hydrogens is 265 g/mol. The van der Waals surface area contributed by atoms with Crippen LogP contribution in [0.5, 0.6) is 5.75 Å². The molecule has 0 spiro atoms. The average molecular weight is 289 g/mol. The molecule has 0 aromatic heterocycles. The number of hydrogen-bond donors (Lipinski definition) is 1. The van der Waals surface area contributed by atoms with E-state index in [0.29, 0.717) is 17.8 Å². The average Bonchev–Trinajstić information content (AvgIpc) is 2.44. The van der Waals surface area contributed by atoms with Gasteiger partial charge in [-0.3, -0.25) is 0 Å². The smallest absolute Gasteiger partial charge is 0.131 e. The largest absolute Gasteiger partial charge is 0.497 e. The van der Waals surface area contributed by atoms with Crippen molar-refractivity contribution in [2.24, 2.45) is 17.8 Å². The maximum Gasteiger partial charge on any atom is 0.131 e. The summed E-state index contributed by atoms with van der Waals surface area (Å²) in [6.07, 6.45) is 8.23. The Labute approximate surface area is 126 Å². The van der Waals surface area contributed by atoms with Crippen LogP contribution in [0.15, 0.2) is 18.2 Å². The predicted molar refractivity (Wildman–Crippen MR) is 80.7 cm³/mol. The van der Waals surface area contributed by atoms with Crippen LogP contribution in [-0.2, 0) is 6.54 Å². The molecule has 0 saturated heterocycles. The molecule has 4 bridgehead atoms. The fourth-order valence-electron chi connectivity index (χ4n) is 5.41. The van der Waals surface area contributed by atoms with Gasteiger partial charge in [0.25, 0.3) is 0 Å². The van der Waals surface area contributed by atoms with Gasteiger partial charge in [-0.05, 0) is 62.3 Å². The van der Waals surface area contributed by atoms with E-state index in [1.54, 1.807) is 7.11 Å². The van der Waals surface area contributed by atoms with Crippen molar-refractivity contribution < 1.29 is 9.13 Å². The van der Waals surface area contributed by atoms with Crippen molar-refractivity contribution >= 4 is 0 Å². The molecule has 5 rings (SSSR count). The zero-order valence-electron chi connectivity index (χ0n) is 12.7. The van der Waals surface area contributed by atoms with Crippen LogP contribution in [0.2, 0.25) is 0 Å². The molecule has 0 atom stereocenters. The summed E-state index contributed by atoms with van der Waals surface area (Å²) in [5, 5.41) is 3.74. The van der Waals surface area contributed by atoms with Crippen molar-refractivity contribution in [1.82, 2.24) is 5.32 Å². The highest BCUT2D eigenvalue weighted by Gasteiger charge is 2.50. The lowest BCUT2D eigenvalue weighted by molar-refractivity contribution is -0.0207. The van der Waals surface area contributed by atoms with Crippen molar-refractivity contribution in [1.29, 1.82) is 0 Å². The Bertz CT molecular complexity index is 507. The van der Waals surface area contributed by atoms with E-state index >= 15 is 0 Å². The van der Waals surface area contributed by atoms with Crippen molar-refractivity contribution in [2.45, 2.75) is 50.6 Å². The SMILES string of the molecule is COc1ccc(CNC23CC4CC(CC(C4)C2)C3)c(F)c1. The lowest BCUT2D eigenvalue weighted by Crippen LogP contribution is -2.58. The Morgan fingerprint density at radius 2 is 1.76 bits per heavy atom. The lowest BCUT2D eigenvalue weighted by Gasteiger charge is -2.57. The molecule has 1 aromatic rings. The topological polar surface area (TPSA) is 21.3 Å². The number of nitrogens with one attached hydrogen (secondary N) is 1. The van der Waals surface area contributed by atoms with Crippen molar-refractivity contribution in [2.75, 3.05) is 7.11 Å². The van der Waals surface area contributed by atoms with Crippen LogP contribution in [-0.4, -0.2) is 12.6 Å². The van der Waals surface area contributed by atoms with Gasteiger partial charge < -0.3 is 10.1 Å². The van der Waals surface area contributed by atoms with Gasteiger partial charge in [-0.1, -0.05) is 6.07 Å². The first kappa shape index (κ1) is 13.6. The molecule has 4 fully saturated rings. The molecule has 114 valence electrons. The highest BCUT2D eigenvalue weighted by molar-refractivity contribution is 5.29. The number of benzene rings is 1. The van der Waals surface area contributed by atoms with Gasteiger partial charge in [0, 0.05) is 23.7 Å². The number of rotatable bonds is 4. The van der Waals surface area contributed by atoms with E-state index in [0.717, 1.165) is 23.3 Å². The van der Waals surface area contributed by atoms with Crippen molar-refractivity contribution in [3.63, 3.8) is 0 Å². The second kappa shape index (κ2) is 4.98. The molecule has 21 heavy (non-hydrogen) atoms. The monoisotopic (exact) mass is 289 g/mol. The first-order chi connectivity index (χ1) is 10.2. The number of methoxy groups -OCH3 is 1. The molecule has 0 amide bonds. The molecule has 0 radical (unpaired) electrons. The summed E-state index contributed by atoms with van der Waals surface area (Å²) >= 11 is 0. The lowest BCUT2D eigenvalue weighted by atomic mass is 9.53. The summed E-state index contributed by atoms with van der Waals surface area (Å²) in [6.45, 7) is 0.641. The Morgan fingerprint density at radius 1 is 1.14 bits per heavy atom. The molecule has 1 aromatic carbocycles. The third-order valence-corrected chi connectivity index (χ3v) is 5.95. The minimum absolute atomic E-state index is 0.161. The summed E-state index contributed by atoms with van der Waals surface area (Å²) in [6, 6.07) is 5.18. The van der Waals surface area contributed by atoms with Crippen LogP contribution >= 0.6 is 0 Å². The summed E-state index contributed by atoms with van der Waals surface area (Å²) in [4.78, 5) is 0. The van der Waals surface area contributed by atoms with Crippen LogP contribution in [0.3, 0.4) is 0 Å². The van der Waals surface area contributed by atoms with Crippen molar-refractivity contribution in [3.05, 3.63) is 29.6 Å². The molecule has 4 aliphatic carbocycles. The van der Waals surface area contributed by atoms with E-state index in [1.807, 2.05) is 12.1 Å². The molecule has 0 heterocycles. The Balaban J connectivity index is 1.47. The quantitative estimate of drug-likeness (QED) is 0.908. The van der Waals surface area contributed by atoms with E-state index in [1.165, 1.54) is 44.6 Å². The number of hydrogen-bond acceptors (Lipinski definition) is 2. The van der Waals surface area contributed by atoms with Gasteiger partial charge in [-0.25, -0.2) is 4.39 Å². The Hall–Kier alpha value is -1.09. The fourth-order valence-corrected chi connectivity index (χ4v) is 5.41. The normalized spacial score (nSPS) is 37.0. The highest BCUT2D eigenvalue weighted by Crippen LogP contribution is 2.55. The van der Waals surface area contributed by atoms with Gasteiger partial charge in [-0.2, -0.15) is 0 Å². The zero-order valence-corrected chi connectivity index (χ0v) is 12.7. The number of ether oxygens (including phenoxy) is 1. The van der Waals surface area contributed by atoms with Crippen LogP contribution in [0, 0.1) is 23.6 Å². The molecule has 0 aliphatic heterocycles. The Morgan fingerprint density at radius 3 is 2.29 bits per heavy atom. The second-order valence-electron chi connectivity index (χ2n) is 7.51. The highest BCUT2D eigenvalue weighted by atomic mass is 19.1.